The number of aromatic nitrogens is 2. The van der Waals surface area contributed by atoms with E-state index in [1.165, 1.54) is 30.4 Å². The summed E-state index contributed by atoms with van der Waals surface area (Å²) < 4.78 is 5.51. The Hall–Kier alpha value is -1.88. The van der Waals surface area contributed by atoms with Crippen LogP contribution in [-0.2, 0) is 13.0 Å². The number of nitrogens with zero attached hydrogens (tertiary/aromatic N) is 3. The van der Waals surface area contributed by atoms with Gasteiger partial charge in [0, 0.05) is 19.6 Å². The minimum absolute atomic E-state index is 0.131. The summed E-state index contributed by atoms with van der Waals surface area (Å²) >= 11 is 0. The second-order valence-corrected chi connectivity index (χ2v) is 5.89. The largest absolute Gasteiger partial charge is 0.338 e. The van der Waals surface area contributed by atoms with Gasteiger partial charge in [-0.3, -0.25) is 0 Å². The van der Waals surface area contributed by atoms with Gasteiger partial charge in [0.1, 0.15) is 0 Å². The molecular formula is C16H20N4O. The second kappa shape index (κ2) is 5.48. The third kappa shape index (κ3) is 2.53. The molecule has 110 valence electrons. The molecule has 2 aliphatic heterocycles. The third-order valence-corrected chi connectivity index (χ3v) is 4.45. The molecule has 1 unspecified atom stereocenters. The van der Waals surface area contributed by atoms with Crippen molar-refractivity contribution < 1.29 is 4.52 Å². The van der Waals surface area contributed by atoms with Crippen LogP contribution >= 0.6 is 0 Å². The second-order valence-electron chi connectivity index (χ2n) is 5.89. The molecule has 0 saturated carbocycles. The van der Waals surface area contributed by atoms with Gasteiger partial charge in [-0.2, -0.15) is 4.98 Å². The van der Waals surface area contributed by atoms with Crippen LogP contribution in [0.4, 0.5) is 5.95 Å². The number of fused-ring (bicyclic) bond motifs is 1. The van der Waals surface area contributed by atoms with Gasteiger partial charge in [0.2, 0.25) is 5.89 Å². The van der Waals surface area contributed by atoms with Crippen LogP contribution in [0.1, 0.15) is 42.3 Å². The van der Waals surface area contributed by atoms with E-state index in [0.717, 1.165) is 32.0 Å². The summed E-state index contributed by atoms with van der Waals surface area (Å²) in [6.07, 6.45) is 4.66. The summed E-state index contributed by atoms with van der Waals surface area (Å²) in [4.78, 5) is 6.85. The highest BCUT2D eigenvalue weighted by molar-refractivity contribution is 5.32. The maximum atomic E-state index is 5.51. The van der Waals surface area contributed by atoms with Crippen molar-refractivity contribution in [3.8, 4) is 0 Å². The van der Waals surface area contributed by atoms with E-state index in [0.29, 0.717) is 5.89 Å². The summed E-state index contributed by atoms with van der Waals surface area (Å²) in [6.45, 7) is 2.95. The van der Waals surface area contributed by atoms with Crippen LogP contribution in [0.2, 0.25) is 0 Å². The molecule has 1 N–H and O–H groups in total. The first kappa shape index (κ1) is 12.8. The summed E-state index contributed by atoms with van der Waals surface area (Å²) in [6, 6.07) is 8.67. The highest BCUT2D eigenvalue weighted by Crippen LogP contribution is 2.26. The molecule has 5 heteroatoms. The van der Waals surface area contributed by atoms with Crippen molar-refractivity contribution in [3.05, 3.63) is 41.3 Å². The van der Waals surface area contributed by atoms with Gasteiger partial charge in [0.25, 0.3) is 5.95 Å². The predicted molar refractivity (Wildman–Crippen MR) is 80.1 cm³/mol. The first-order valence-electron chi connectivity index (χ1n) is 7.79. The minimum Gasteiger partial charge on any atom is -0.338 e. The summed E-state index contributed by atoms with van der Waals surface area (Å²) in [7, 11) is 0. The van der Waals surface area contributed by atoms with Gasteiger partial charge in [0.15, 0.2) is 0 Å². The number of hydrogen-bond acceptors (Lipinski definition) is 5. The summed E-state index contributed by atoms with van der Waals surface area (Å²) in [5.41, 5.74) is 2.74. The number of benzene rings is 1. The molecule has 1 atom stereocenters. The zero-order valence-electron chi connectivity index (χ0n) is 12.1. The average Bonchev–Trinajstić information content (AvgIpc) is 3.05. The van der Waals surface area contributed by atoms with E-state index in [1.54, 1.807) is 0 Å². The maximum Gasteiger partial charge on any atom is 0.266 e. The minimum atomic E-state index is 0.131. The lowest BCUT2D eigenvalue weighted by molar-refractivity contribution is 0.320. The van der Waals surface area contributed by atoms with Gasteiger partial charge in [-0.1, -0.05) is 24.3 Å². The molecule has 0 spiro atoms. The molecular weight excluding hydrogens is 264 g/mol. The molecule has 0 radical (unpaired) electrons. The van der Waals surface area contributed by atoms with E-state index < -0.39 is 0 Å². The Morgan fingerprint density at radius 3 is 2.76 bits per heavy atom. The molecule has 1 aromatic heterocycles. The van der Waals surface area contributed by atoms with Crippen LogP contribution in [0.3, 0.4) is 0 Å². The van der Waals surface area contributed by atoms with Crippen LogP contribution in [0, 0.1) is 0 Å². The molecule has 2 aromatic rings. The standard InChI is InChI=1S/C16H20N4O/c1-4-8-20(9-5-1)16-18-15(21-19-16)14-10-12-6-2-3-7-13(12)11-17-14/h2-3,6-7,14,17H,1,4-5,8-11H2. The third-order valence-electron chi connectivity index (χ3n) is 4.45. The van der Waals surface area contributed by atoms with E-state index in [1.807, 2.05) is 0 Å². The molecule has 4 rings (SSSR count). The molecule has 2 aliphatic rings. The van der Waals surface area contributed by atoms with E-state index in [-0.39, 0.29) is 6.04 Å². The first-order valence-corrected chi connectivity index (χ1v) is 7.79. The Bertz CT molecular complexity index is 618. The fraction of sp³-hybridized carbons (Fsp3) is 0.500. The van der Waals surface area contributed by atoms with Gasteiger partial charge in [-0.25, -0.2) is 0 Å². The van der Waals surface area contributed by atoms with E-state index in [2.05, 4.69) is 44.6 Å². The lowest BCUT2D eigenvalue weighted by Gasteiger charge is -2.25. The van der Waals surface area contributed by atoms with Crippen LogP contribution in [0.25, 0.3) is 0 Å². The Morgan fingerprint density at radius 1 is 1.10 bits per heavy atom. The predicted octanol–water partition coefficient (Wildman–Crippen LogP) is 2.45. The van der Waals surface area contributed by atoms with Crippen molar-refractivity contribution in [2.24, 2.45) is 0 Å². The zero-order valence-corrected chi connectivity index (χ0v) is 12.1. The molecule has 1 saturated heterocycles. The van der Waals surface area contributed by atoms with Gasteiger partial charge in [-0.05, 0) is 42.0 Å². The number of anilines is 1. The van der Waals surface area contributed by atoms with Crippen molar-refractivity contribution in [3.63, 3.8) is 0 Å². The van der Waals surface area contributed by atoms with Crippen molar-refractivity contribution in [2.75, 3.05) is 18.0 Å². The lowest BCUT2D eigenvalue weighted by Crippen LogP contribution is -2.31. The highest BCUT2D eigenvalue weighted by Gasteiger charge is 2.25. The number of hydrogen-bond donors (Lipinski definition) is 1. The van der Waals surface area contributed by atoms with Crippen molar-refractivity contribution >= 4 is 5.95 Å². The molecule has 0 aliphatic carbocycles. The van der Waals surface area contributed by atoms with E-state index >= 15 is 0 Å². The molecule has 5 nitrogen and oxygen atoms in total. The Kier molecular flexibility index (Phi) is 3.35. The Morgan fingerprint density at radius 2 is 1.90 bits per heavy atom. The van der Waals surface area contributed by atoms with Gasteiger partial charge >= 0.3 is 0 Å². The molecule has 1 aromatic carbocycles. The molecule has 1 fully saturated rings. The summed E-state index contributed by atoms with van der Waals surface area (Å²) in [5, 5.41) is 7.66. The molecule has 3 heterocycles. The average molecular weight is 284 g/mol. The van der Waals surface area contributed by atoms with Crippen LogP contribution in [-0.4, -0.2) is 23.2 Å². The zero-order chi connectivity index (χ0) is 14.1. The van der Waals surface area contributed by atoms with Gasteiger partial charge < -0.3 is 14.7 Å². The Labute approximate surface area is 124 Å². The van der Waals surface area contributed by atoms with E-state index in [9.17, 15) is 0 Å². The summed E-state index contributed by atoms with van der Waals surface area (Å²) in [5.74, 6) is 1.47. The number of nitrogens with one attached hydrogen (secondary N) is 1. The fourth-order valence-corrected chi connectivity index (χ4v) is 3.22. The van der Waals surface area contributed by atoms with E-state index in [4.69, 9.17) is 4.52 Å². The van der Waals surface area contributed by atoms with Crippen LogP contribution in [0.15, 0.2) is 28.8 Å². The SMILES string of the molecule is c1ccc2c(c1)CNC(c1nc(N3CCCCC3)no1)C2. The first-order chi connectivity index (χ1) is 10.4. The normalized spacial score (nSPS) is 22.1. The van der Waals surface area contributed by atoms with Gasteiger partial charge in [-0.15, -0.1) is 0 Å². The van der Waals surface area contributed by atoms with Crippen LogP contribution < -0.4 is 10.2 Å². The van der Waals surface area contributed by atoms with Crippen molar-refractivity contribution in [1.82, 2.24) is 15.5 Å². The number of rotatable bonds is 2. The fourth-order valence-electron chi connectivity index (χ4n) is 3.22. The monoisotopic (exact) mass is 284 g/mol. The van der Waals surface area contributed by atoms with Crippen molar-refractivity contribution in [1.29, 1.82) is 0 Å². The smallest absolute Gasteiger partial charge is 0.266 e. The maximum absolute atomic E-state index is 5.51. The van der Waals surface area contributed by atoms with Crippen LogP contribution in [0.5, 0.6) is 0 Å². The highest BCUT2D eigenvalue weighted by atomic mass is 16.5. The van der Waals surface area contributed by atoms with Crippen molar-refractivity contribution in [2.45, 2.75) is 38.3 Å². The molecule has 0 bridgehead atoms. The lowest BCUT2D eigenvalue weighted by atomic mass is 9.96. The quantitative estimate of drug-likeness (QED) is 0.918. The molecule has 21 heavy (non-hydrogen) atoms. The molecule has 0 amide bonds. The topological polar surface area (TPSA) is 54.2 Å². The Balaban J connectivity index is 1.51. The van der Waals surface area contributed by atoms with Gasteiger partial charge in [0.05, 0.1) is 6.04 Å². The number of piperidine rings is 1.